The molecule has 0 saturated carbocycles. The Hall–Kier alpha value is -2.45. The molecular weight excluding hydrogens is 338 g/mol. The van der Waals surface area contributed by atoms with Crippen molar-refractivity contribution in [3.05, 3.63) is 69.2 Å². The molecule has 9 heteroatoms. The van der Waals surface area contributed by atoms with E-state index in [1.54, 1.807) is 16.8 Å². The summed E-state index contributed by atoms with van der Waals surface area (Å²) in [6.45, 7) is 0. The van der Waals surface area contributed by atoms with Crippen molar-refractivity contribution in [3.63, 3.8) is 0 Å². The van der Waals surface area contributed by atoms with Gasteiger partial charge >= 0.3 is 0 Å². The molecule has 1 aromatic heterocycles. The van der Waals surface area contributed by atoms with Crippen LogP contribution in [0.5, 0.6) is 0 Å². The molecule has 0 spiro atoms. The molecule has 0 bridgehead atoms. The van der Waals surface area contributed by atoms with Gasteiger partial charge in [0.2, 0.25) is 5.16 Å². The Kier molecular flexibility index (Phi) is 4.54. The van der Waals surface area contributed by atoms with Crippen molar-refractivity contribution in [2.45, 2.75) is 10.9 Å². The van der Waals surface area contributed by atoms with Crippen molar-refractivity contribution in [1.29, 1.82) is 0 Å². The summed E-state index contributed by atoms with van der Waals surface area (Å²) in [6, 6.07) is 13.6. The minimum absolute atomic E-state index is 0.0231. The van der Waals surface area contributed by atoms with Crippen LogP contribution in [0.25, 0.3) is 5.69 Å². The Morgan fingerprint density at radius 1 is 1.22 bits per heavy atom. The molecule has 0 saturated heterocycles. The van der Waals surface area contributed by atoms with Crippen molar-refractivity contribution in [3.8, 4) is 5.69 Å². The number of hydrogen-bond acceptors (Lipinski definition) is 6. The maximum atomic E-state index is 10.7. The van der Waals surface area contributed by atoms with E-state index in [4.69, 9.17) is 11.6 Å². The number of nitrogens with zero attached hydrogens (tertiary/aromatic N) is 5. The summed E-state index contributed by atoms with van der Waals surface area (Å²) in [4.78, 5) is 10.2. The molecule has 0 radical (unpaired) electrons. The molecule has 0 unspecified atom stereocenters. The van der Waals surface area contributed by atoms with Crippen LogP contribution in [0.15, 0.2) is 53.7 Å². The van der Waals surface area contributed by atoms with Gasteiger partial charge in [-0.15, -0.1) is 5.10 Å². The highest BCUT2D eigenvalue weighted by Crippen LogP contribution is 2.24. The molecule has 2 aromatic carbocycles. The van der Waals surface area contributed by atoms with E-state index in [1.165, 1.54) is 23.9 Å². The van der Waals surface area contributed by atoms with Gasteiger partial charge in [0.25, 0.3) is 5.69 Å². The number of aromatic nitrogens is 4. The third kappa shape index (κ3) is 3.66. The molecule has 3 rings (SSSR count). The van der Waals surface area contributed by atoms with E-state index in [9.17, 15) is 10.1 Å². The van der Waals surface area contributed by atoms with E-state index in [2.05, 4.69) is 15.5 Å². The maximum Gasteiger partial charge on any atom is 0.269 e. The van der Waals surface area contributed by atoms with E-state index in [-0.39, 0.29) is 5.69 Å². The summed E-state index contributed by atoms with van der Waals surface area (Å²) >= 11 is 7.42. The number of thioether (sulfide) groups is 1. The quantitative estimate of drug-likeness (QED) is 0.398. The second kappa shape index (κ2) is 6.76. The van der Waals surface area contributed by atoms with Crippen LogP contribution >= 0.6 is 23.4 Å². The smallest absolute Gasteiger partial charge is 0.258 e. The van der Waals surface area contributed by atoms with Crippen molar-refractivity contribution >= 4 is 29.1 Å². The van der Waals surface area contributed by atoms with Crippen LogP contribution in [-0.4, -0.2) is 25.1 Å². The molecule has 0 aliphatic rings. The van der Waals surface area contributed by atoms with Gasteiger partial charge in [0, 0.05) is 22.9 Å². The first-order valence-corrected chi connectivity index (χ1v) is 7.90. The van der Waals surface area contributed by atoms with Crippen LogP contribution in [0, 0.1) is 10.1 Å². The average Bonchev–Trinajstić information content (AvgIpc) is 3.01. The SMILES string of the molecule is O=[N+]([O-])c1ccc(-n2nnnc2SCc2cccc(Cl)c2)cc1. The highest BCUT2D eigenvalue weighted by atomic mass is 35.5. The monoisotopic (exact) mass is 347 g/mol. The van der Waals surface area contributed by atoms with Gasteiger partial charge in [-0.05, 0) is 40.3 Å². The van der Waals surface area contributed by atoms with E-state index >= 15 is 0 Å². The number of halogens is 1. The summed E-state index contributed by atoms with van der Waals surface area (Å²) in [6.07, 6.45) is 0. The molecule has 0 aliphatic heterocycles. The lowest BCUT2D eigenvalue weighted by atomic mass is 10.2. The normalized spacial score (nSPS) is 10.7. The van der Waals surface area contributed by atoms with Gasteiger partial charge in [0.1, 0.15) is 0 Å². The number of benzene rings is 2. The van der Waals surface area contributed by atoms with E-state index in [1.807, 2.05) is 24.3 Å². The molecule has 0 atom stereocenters. The van der Waals surface area contributed by atoms with E-state index < -0.39 is 4.92 Å². The van der Waals surface area contributed by atoms with Crippen LogP contribution < -0.4 is 0 Å². The lowest BCUT2D eigenvalue weighted by molar-refractivity contribution is -0.384. The average molecular weight is 348 g/mol. The lowest BCUT2D eigenvalue weighted by Crippen LogP contribution is -1.99. The maximum absolute atomic E-state index is 10.7. The van der Waals surface area contributed by atoms with Gasteiger partial charge in [-0.1, -0.05) is 35.5 Å². The fourth-order valence-electron chi connectivity index (χ4n) is 1.92. The zero-order valence-corrected chi connectivity index (χ0v) is 13.2. The Labute approximate surface area is 140 Å². The Balaban J connectivity index is 1.78. The predicted octanol–water partition coefficient (Wildman–Crippen LogP) is 3.52. The minimum Gasteiger partial charge on any atom is -0.258 e. The van der Waals surface area contributed by atoms with Gasteiger partial charge < -0.3 is 0 Å². The fourth-order valence-corrected chi connectivity index (χ4v) is 2.97. The number of nitro groups is 1. The van der Waals surface area contributed by atoms with Crippen molar-refractivity contribution < 1.29 is 4.92 Å². The number of hydrogen-bond donors (Lipinski definition) is 0. The topological polar surface area (TPSA) is 86.7 Å². The first-order valence-electron chi connectivity index (χ1n) is 6.54. The Morgan fingerprint density at radius 3 is 2.70 bits per heavy atom. The molecule has 116 valence electrons. The van der Waals surface area contributed by atoms with Gasteiger partial charge in [0.15, 0.2) is 0 Å². The molecule has 0 fully saturated rings. The molecule has 7 nitrogen and oxygen atoms in total. The van der Waals surface area contributed by atoms with E-state index in [0.717, 1.165) is 5.56 Å². The molecule has 3 aromatic rings. The van der Waals surface area contributed by atoms with Crippen LogP contribution in [0.2, 0.25) is 5.02 Å². The summed E-state index contributed by atoms with van der Waals surface area (Å²) in [7, 11) is 0. The molecule has 1 heterocycles. The van der Waals surface area contributed by atoms with Crippen molar-refractivity contribution in [2.75, 3.05) is 0 Å². The summed E-state index contributed by atoms with van der Waals surface area (Å²) in [5.41, 5.74) is 1.74. The van der Waals surface area contributed by atoms with Crippen LogP contribution in [0.3, 0.4) is 0 Å². The number of tetrazole rings is 1. The summed E-state index contributed by atoms with van der Waals surface area (Å²) in [5, 5.41) is 23.6. The van der Waals surface area contributed by atoms with Crippen LogP contribution in [-0.2, 0) is 5.75 Å². The van der Waals surface area contributed by atoms with Gasteiger partial charge in [0.05, 0.1) is 10.6 Å². The fraction of sp³-hybridized carbons (Fsp3) is 0.0714. The third-order valence-electron chi connectivity index (χ3n) is 3.00. The van der Waals surface area contributed by atoms with Crippen LogP contribution in [0.4, 0.5) is 5.69 Å². The zero-order chi connectivity index (χ0) is 16.2. The van der Waals surface area contributed by atoms with Crippen LogP contribution in [0.1, 0.15) is 5.56 Å². The zero-order valence-electron chi connectivity index (χ0n) is 11.7. The molecule has 0 aliphatic carbocycles. The highest BCUT2D eigenvalue weighted by Gasteiger charge is 2.11. The second-order valence-electron chi connectivity index (χ2n) is 4.57. The number of nitro benzene ring substituents is 1. The van der Waals surface area contributed by atoms with Gasteiger partial charge in [-0.25, -0.2) is 0 Å². The standard InChI is InChI=1S/C14H10ClN5O2S/c15-11-3-1-2-10(8-11)9-23-14-16-17-18-19(14)12-4-6-13(7-5-12)20(21)22/h1-8H,9H2. The Bertz CT molecular complexity index is 837. The number of non-ortho nitro benzene ring substituents is 1. The minimum atomic E-state index is -0.446. The predicted molar refractivity (Wildman–Crippen MR) is 86.8 cm³/mol. The lowest BCUT2D eigenvalue weighted by Gasteiger charge is -2.04. The number of rotatable bonds is 5. The third-order valence-corrected chi connectivity index (χ3v) is 4.23. The largest absolute Gasteiger partial charge is 0.269 e. The summed E-state index contributed by atoms with van der Waals surface area (Å²) < 4.78 is 1.54. The molecule has 0 N–H and O–H groups in total. The molecule has 0 amide bonds. The molecular formula is C14H10ClN5O2S. The van der Waals surface area contributed by atoms with Crippen molar-refractivity contribution in [2.24, 2.45) is 0 Å². The molecule has 23 heavy (non-hydrogen) atoms. The van der Waals surface area contributed by atoms with Crippen molar-refractivity contribution in [1.82, 2.24) is 20.2 Å². The first-order chi connectivity index (χ1) is 11.1. The van der Waals surface area contributed by atoms with E-state index in [0.29, 0.717) is 21.6 Å². The van der Waals surface area contributed by atoms with Gasteiger partial charge in [-0.2, -0.15) is 4.68 Å². The van der Waals surface area contributed by atoms with Gasteiger partial charge in [-0.3, -0.25) is 10.1 Å². The first kappa shape index (κ1) is 15.4. The second-order valence-corrected chi connectivity index (χ2v) is 5.94. The highest BCUT2D eigenvalue weighted by molar-refractivity contribution is 7.98. The Morgan fingerprint density at radius 2 is 2.00 bits per heavy atom. The summed E-state index contributed by atoms with van der Waals surface area (Å²) in [5.74, 6) is 0.661.